The van der Waals surface area contributed by atoms with E-state index in [0.29, 0.717) is 0 Å². The van der Waals surface area contributed by atoms with E-state index >= 15 is 0 Å². The molecular weight excluding hydrogens is 190 g/mol. The zero-order valence-corrected chi connectivity index (χ0v) is 8.75. The summed E-state index contributed by atoms with van der Waals surface area (Å²) < 4.78 is 0. The number of thioether (sulfide) groups is 1. The Kier molecular flexibility index (Phi) is 6.25. The second-order valence-corrected chi connectivity index (χ2v) is 3.20. The quantitative estimate of drug-likeness (QED) is 0.764. The monoisotopic (exact) mass is 203 g/mol. The minimum absolute atomic E-state index is 0. The molecule has 2 N–H and O–H groups in total. The standard InChI is InChI=1S/C9H13NS.ClH/c1-11-9-5-3-2-4-8(9)6-7-10;/h2-5H,6-7,10H2,1H3;1H. The van der Waals surface area contributed by atoms with Crippen molar-refractivity contribution in [2.45, 2.75) is 11.3 Å². The third kappa shape index (κ3) is 3.05. The predicted octanol–water partition coefficient (Wildman–Crippen LogP) is 2.33. The van der Waals surface area contributed by atoms with Gasteiger partial charge in [-0.15, -0.1) is 24.2 Å². The van der Waals surface area contributed by atoms with E-state index in [1.54, 1.807) is 11.8 Å². The van der Waals surface area contributed by atoms with Gasteiger partial charge >= 0.3 is 0 Å². The summed E-state index contributed by atoms with van der Waals surface area (Å²) in [6.07, 6.45) is 3.08. The van der Waals surface area contributed by atoms with E-state index in [2.05, 4.69) is 30.5 Å². The van der Waals surface area contributed by atoms with Gasteiger partial charge in [-0.2, -0.15) is 0 Å². The van der Waals surface area contributed by atoms with Crippen molar-refractivity contribution in [1.29, 1.82) is 0 Å². The first-order valence-corrected chi connectivity index (χ1v) is 4.93. The maximum Gasteiger partial charge on any atom is 0.0102 e. The normalized spacial score (nSPS) is 9.17. The first-order valence-electron chi connectivity index (χ1n) is 3.70. The van der Waals surface area contributed by atoms with Crippen molar-refractivity contribution in [3.8, 4) is 0 Å². The topological polar surface area (TPSA) is 26.0 Å². The summed E-state index contributed by atoms with van der Waals surface area (Å²) in [4.78, 5) is 1.35. The number of nitrogens with two attached hydrogens (primary N) is 1. The highest BCUT2D eigenvalue weighted by atomic mass is 35.5. The van der Waals surface area contributed by atoms with E-state index in [-0.39, 0.29) is 12.4 Å². The van der Waals surface area contributed by atoms with Gasteiger partial charge in [0.2, 0.25) is 0 Å². The Morgan fingerprint density at radius 1 is 1.33 bits per heavy atom. The van der Waals surface area contributed by atoms with Gasteiger partial charge in [0.25, 0.3) is 0 Å². The Morgan fingerprint density at radius 2 is 2.00 bits per heavy atom. The highest BCUT2D eigenvalue weighted by molar-refractivity contribution is 7.98. The molecule has 0 heterocycles. The van der Waals surface area contributed by atoms with Gasteiger partial charge < -0.3 is 5.73 Å². The van der Waals surface area contributed by atoms with Crippen LogP contribution < -0.4 is 5.73 Å². The molecule has 0 aliphatic heterocycles. The molecule has 0 aliphatic rings. The van der Waals surface area contributed by atoms with Gasteiger partial charge in [0.1, 0.15) is 0 Å². The van der Waals surface area contributed by atoms with Gasteiger partial charge in [0.05, 0.1) is 0 Å². The zero-order valence-electron chi connectivity index (χ0n) is 7.12. The van der Waals surface area contributed by atoms with Gasteiger partial charge in [-0.1, -0.05) is 18.2 Å². The van der Waals surface area contributed by atoms with Crippen LogP contribution in [0, 0.1) is 0 Å². The summed E-state index contributed by atoms with van der Waals surface area (Å²) in [5.74, 6) is 0. The van der Waals surface area contributed by atoms with E-state index in [9.17, 15) is 0 Å². The predicted molar refractivity (Wildman–Crippen MR) is 58.2 cm³/mol. The molecule has 1 aromatic rings. The van der Waals surface area contributed by atoms with Crippen molar-refractivity contribution in [1.82, 2.24) is 0 Å². The Balaban J connectivity index is 0.00000121. The number of hydrogen-bond acceptors (Lipinski definition) is 2. The molecule has 1 rings (SSSR count). The van der Waals surface area contributed by atoms with E-state index in [0.717, 1.165) is 13.0 Å². The van der Waals surface area contributed by atoms with Crippen LogP contribution in [0.15, 0.2) is 29.2 Å². The molecule has 1 nitrogen and oxygen atoms in total. The zero-order chi connectivity index (χ0) is 8.10. The second-order valence-electron chi connectivity index (χ2n) is 2.35. The van der Waals surface area contributed by atoms with Crippen molar-refractivity contribution < 1.29 is 0 Å². The molecule has 0 saturated heterocycles. The molecule has 0 aliphatic carbocycles. The number of benzene rings is 1. The molecule has 0 aromatic heterocycles. The van der Waals surface area contributed by atoms with Crippen molar-refractivity contribution in [2.75, 3.05) is 12.8 Å². The lowest BCUT2D eigenvalue weighted by Gasteiger charge is -2.03. The molecule has 0 amide bonds. The highest BCUT2D eigenvalue weighted by Crippen LogP contribution is 2.19. The molecular formula is C9H14ClNS. The second kappa shape index (κ2) is 6.35. The summed E-state index contributed by atoms with van der Waals surface area (Å²) in [6.45, 7) is 0.734. The molecule has 3 heteroatoms. The molecule has 0 radical (unpaired) electrons. The van der Waals surface area contributed by atoms with Crippen LogP contribution in [0.1, 0.15) is 5.56 Å². The maximum absolute atomic E-state index is 5.47. The summed E-state index contributed by atoms with van der Waals surface area (Å²) >= 11 is 1.78. The fourth-order valence-corrected chi connectivity index (χ4v) is 1.71. The first kappa shape index (κ1) is 11.8. The van der Waals surface area contributed by atoms with Crippen LogP contribution in [0.4, 0.5) is 0 Å². The SMILES string of the molecule is CSc1ccccc1CCN.Cl. The van der Waals surface area contributed by atoms with Gasteiger partial charge in [-0.05, 0) is 30.9 Å². The fourth-order valence-electron chi connectivity index (χ4n) is 1.07. The van der Waals surface area contributed by atoms with E-state index in [1.165, 1.54) is 10.5 Å². The molecule has 0 unspecified atom stereocenters. The summed E-state index contributed by atoms with van der Waals surface area (Å²) in [5.41, 5.74) is 6.84. The fraction of sp³-hybridized carbons (Fsp3) is 0.333. The maximum atomic E-state index is 5.47. The number of rotatable bonds is 3. The number of halogens is 1. The number of hydrogen-bond donors (Lipinski definition) is 1. The van der Waals surface area contributed by atoms with E-state index < -0.39 is 0 Å². The Bertz CT molecular complexity index is 228. The van der Waals surface area contributed by atoms with Crippen LogP contribution in [-0.4, -0.2) is 12.8 Å². The lowest BCUT2D eigenvalue weighted by molar-refractivity contribution is 0.945. The van der Waals surface area contributed by atoms with Crippen LogP contribution >= 0.6 is 24.2 Å². The van der Waals surface area contributed by atoms with Crippen LogP contribution in [0.5, 0.6) is 0 Å². The van der Waals surface area contributed by atoms with Gasteiger partial charge in [-0.25, -0.2) is 0 Å². The van der Waals surface area contributed by atoms with Crippen molar-refractivity contribution in [2.24, 2.45) is 5.73 Å². The summed E-state index contributed by atoms with van der Waals surface area (Å²) in [7, 11) is 0. The van der Waals surface area contributed by atoms with Crippen molar-refractivity contribution in [3.05, 3.63) is 29.8 Å². The molecule has 0 bridgehead atoms. The summed E-state index contributed by atoms with van der Waals surface area (Å²) in [6, 6.07) is 8.39. The average molecular weight is 204 g/mol. The molecule has 68 valence electrons. The largest absolute Gasteiger partial charge is 0.330 e. The average Bonchev–Trinajstić information content (AvgIpc) is 2.06. The van der Waals surface area contributed by atoms with Crippen LogP contribution in [0.25, 0.3) is 0 Å². The smallest absolute Gasteiger partial charge is 0.0102 e. The van der Waals surface area contributed by atoms with Gasteiger partial charge in [0.15, 0.2) is 0 Å². The minimum atomic E-state index is 0. The molecule has 12 heavy (non-hydrogen) atoms. The first-order chi connectivity index (χ1) is 5.38. The lowest BCUT2D eigenvalue weighted by atomic mass is 10.1. The molecule has 0 fully saturated rings. The molecule has 1 aromatic carbocycles. The third-order valence-electron chi connectivity index (χ3n) is 1.61. The van der Waals surface area contributed by atoms with Gasteiger partial charge in [0, 0.05) is 4.90 Å². The lowest BCUT2D eigenvalue weighted by Crippen LogP contribution is -2.03. The molecule has 0 spiro atoms. The van der Waals surface area contributed by atoms with Crippen molar-refractivity contribution >= 4 is 24.2 Å². The Labute approximate surface area is 84.1 Å². The molecule has 0 saturated carbocycles. The van der Waals surface area contributed by atoms with E-state index in [4.69, 9.17) is 5.73 Å². The summed E-state index contributed by atoms with van der Waals surface area (Å²) in [5, 5.41) is 0. The van der Waals surface area contributed by atoms with Crippen LogP contribution in [0.2, 0.25) is 0 Å². The van der Waals surface area contributed by atoms with Crippen molar-refractivity contribution in [3.63, 3.8) is 0 Å². The molecule has 0 atom stereocenters. The Hall–Kier alpha value is -0.180. The van der Waals surface area contributed by atoms with Crippen LogP contribution in [-0.2, 0) is 6.42 Å². The van der Waals surface area contributed by atoms with Crippen LogP contribution in [0.3, 0.4) is 0 Å². The minimum Gasteiger partial charge on any atom is -0.330 e. The third-order valence-corrected chi connectivity index (χ3v) is 2.44. The van der Waals surface area contributed by atoms with E-state index in [1.807, 2.05) is 0 Å². The highest BCUT2D eigenvalue weighted by Gasteiger charge is 1.96. The Morgan fingerprint density at radius 3 is 2.58 bits per heavy atom. The van der Waals surface area contributed by atoms with Gasteiger partial charge in [-0.3, -0.25) is 0 Å².